The Morgan fingerprint density at radius 1 is 1.57 bits per heavy atom. The zero-order valence-electron chi connectivity index (χ0n) is 7.15. The summed E-state index contributed by atoms with van der Waals surface area (Å²) in [6.45, 7) is 1.16. The summed E-state index contributed by atoms with van der Waals surface area (Å²) in [6, 6.07) is 2.42. The monoisotopic (exact) mass is 259 g/mol. The first-order valence-corrected chi connectivity index (χ1v) is 4.40. The fourth-order valence-electron chi connectivity index (χ4n) is 1.08. The smallest absolute Gasteiger partial charge is 0.285 e. The maximum atomic E-state index is 11.0. The molecule has 0 unspecified atom stereocenters. The van der Waals surface area contributed by atoms with Crippen molar-refractivity contribution in [3.63, 3.8) is 0 Å². The number of ketones is 1. The molecule has 0 amide bonds. The Morgan fingerprint density at radius 3 is 2.57 bits per heavy atom. The van der Waals surface area contributed by atoms with Gasteiger partial charge in [-0.25, -0.2) is 0 Å². The molecule has 1 N–H and O–H groups in total. The highest BCUT2D eigenvalue weighted by Gasteiger charge is 2.22. The van der Waals surface area contributed by atoms with Crippen LogP contribution in [0.1, 0.15) is 17.3 Å². The van der Waals surface area contributed by atoms with Crippen molar-refractivity contribution < 1.29 is 14.8 Å². The Kier molecular flexibility index (Phi) is 2.85. The molecular formula is C8H6BrNO4. The van der Waals surface area contributed by atoms with E-state index in [2.05, 4.69) is 15.9 Å². The summed E-state index contributed by atoms with van der Waals surface area (Å²) in [6.07, 6.45) is 0. The van der Waals surface area contributed by atoms with Crippen LogP contribution in [0.2, 0.25) is 0 Å². The highest BCUT2D eigenvalue weighted by atomic mass is 79.9. The SMILES string of the molecule is CC(=O)c1c(O)cc(Br)cc1[N+](=O)[O-]. The van der Waals surface area contributed by atoms with Crippen LogP contribution in [0.3, 0.4) is 0 Å². The van der Waals surface area contributed by atoms with Gasteiger partial charge in [-0.05, 0) is 13.0 Å². The molecular weight excluding hydrogens is 254 g/mol. The summed E-state index contributed by atoms with van der Waals surface area (Å²) in [5, 5.41) is 19.9. The average Bonchev–Trinajstić information content (AvgIpc) is 2.01. The molecule has 1 aromatic rings. The second kappa shape index (κ2) is 3.75. The Morgan fingerprint density at radius 2 is 2.14 bits per heavy atom. The molecule has 74 valence electrons. The average molecular weight is 260 g/mol. The molecule has 0 aromatic heterocycles. The Hall–Kier alpha value is -1.43. The standard InChI is InChI=1S/C8H6BrNO4/c1-4(11)8-6(10(13)14)2-5(9)3-7(8)12/h2-3,12H,1H3. The molecule has 0 aliphatic heterocycles. The van der Waals surface area contributed by atoms with Gasteiger partial charge in [-0.2, -0.15) is 0 Å². The molecule has 0 aliphatic carbocycles. The maximum absolute atomic E-state index is 11.0. The minimum atomic E-state index is -0.707. The number of halogens is 1. The quantitative estimate of drug-likeness (QED) is 0.502. The number of Topliss-reactive ketones (excluding diaryl/α,β-unsaturated/α-hetero) is 1. The number of carbonyl (C=O) groups is 1. The van der Waals surface area contributed by atoms with Gasteiger partial charge in [-0.15, -0.1) is 0 Å². The molecule has 0 saturated heterocycles. The first-order chi connectivity index (χ1) is 6.43. The molecule has 0 spiro atoms. The van der Waals surface area contributed by atoms with Crippen LogP contribution >= 0.6 is 15.9 Å². The largest absolute Gasteiger partial charge is 0.507 e. The van der Waals surface area contributed by atoms with Crippen molar-refractivity contribution in [3.05, 3.63) is 32.3 Å². The molecule has 0 fully saturated rings. The van der Waals surface area contributed by atoms with E-state index in [0.717, 1.165) is 6.92 Å². The van der Waals surface area contributed by atoms with Crippen molar-refractivity contribution in [1.82, 2.24) is 0 Å². The minimum absolute atomic E-state index is 0.266. The van der Waals surface area contributed by atoms with Crippen LogP contribution in [0.15, 0.2) is 16.6 Å². The maximum Gasteiger partial charge on any atom is 0.285 e. The second-order valence-electron chi connectivity index (χ2n) is 2.63. The van der Waals surface area contributed by atoms with Crippen LogP contribution in [0.25, 0.3) is 0 Å². The van der Waals surface area contributed by atoms with Crippen LogP contribution in [0.4, 0.5) is 5.69 Å². The molecule has 1 aromatic carbocycles. The molecule has 0 bridgehead atoms. The van der Waals surface area contributed by atoms with Crippen LogP contribution in [-0.2, 0) is 0 Å². The summed E-state index contributed by atoms with van der Waals surface area (Å²) in [5.41, 5.74) is -0.664. The summed E-state index contributed by atoms with van der Waals surface area (Å²) < 4.78 is 0.353. The van der Waals surface area contributed by atoms with Crippen molar-refractivity contribution in [2.45, 2.75) is 6.92 Å². The van der Waals surface area contributed by atoms with E-state index >= 15 is 0 Å². The van der Waals surface area contributed by atoms with E-state index in [1.54, 1.807) is 0 Å². The number of benzene rings is 1. The van der Waals surface area contributed by atoms with Gasteiger partial charge >= 0.3 is 0 Å². The van der Waals surface area contributed by atoms with E-state index in [4.69, 9.17) is 0 Å². The lowest BCUT2D eigenvalue weighted by atomic mass is 10.1. The first-order valence-electron chi connectivity index (χ1n) is 3.61. The van der Waals surface area contributed by atoms with Crippen molar-refractivity contribution in [1.29, 1.82) is 0 Å². The number of hydrogen-bond acceptors (Lipinski definition) is 4. The first kappa shape index (κ1) is 10.6. The number of rotatable bonds is 2. The van der Waals surface area contributed by atoms with Crippen molar-refractivity contribution in [3.8, 4) is 5.75 Å². The Bertz CT molecular complexity index is 416. The highest BCUT2D eigenvalue weighted by Crippen LogP contribution is 2.32. The van der Waals surface area contributed by atoms with Gasteiger partial charge in [0, 0.05) is 10.5 Å². The van der Waals surface area contributed by atoms with E-state index in [9.17, 15) is 20.0 Å². The predicted octanol–water partition coefficient (Wildman–Crippen LogP) is 2.27. The predicted molar refractivity (Wildman–Crippen MR) is 52.5 cm³/mol. The minimum Gasteiger partial charge on any atom is -0.507 e. The van der Waals surface area contributed by atoms with Gasteiger partial charge in [0.1, 0.15) is 11.3 Å². The van der Waals surface area contributed by atoms with E-state index in [-0.39, 0.29) is 5.56 Å². The summed E-state index contributed by atoms with van der Waals surface area (Å²) >= 11 is 2.99. The van der Waals surface area contributed by atoms with Crippen LogP contribution in [0.5, 0.6) is 5.75 Å². The van der Waals surface area contributed by atoms with Crippen molar-refractivity contribution >= 4 is 27.4 Å². The highest BCUT2D eigenvalue weighted by molar-refractivity contribution is 9.10. The zero-order valence-corrected chi connectivity index (χ0v) is 8.74. The molecule has 0 aliphatic rings. The molecule has 0 atom stereocenters. The van der Waals surface area contributed by atoms with Crippen LogP contribution in [-0.4, -0.2) is 15.8 Å². The number of nitrogens with zero attached hydrogens (tertiary/aromatic N) is 1. The Labute approximate surface area is 87.6 Å². The molecule has 1 rings (SSSR count). The molecule has 6 heteroatoms. The lowest BCUT2D eigenvalue weighted by molar-refractivity contribution is -0.385. The number of phenols is 1. The van der Waals surface area contributed by atoms with Gasteiger partial charge in [-0.1, -0.05) is 15.9 Å². The van der Waals surface area contributed by atoms with E-state index < -0.39 is 22.1 Å². The number of carbonyl (C=O) groups excluding carboxylic acids is 1. The molecule has 0 saturated carbocycles. The van der Waals surface area contributed by atoms with E-state index in [1.165, 1.54) is 12.1 Å². The van der Waals surface area contributed by atoms with Gasteiger partial charge in [0.05, 0.1) is 4.92 Å². The third-order valence-electron chi connectivity index (χ3n) is 1.61. The molecule has 0 radical (unpaired) electrons. The lowest BCUT2D eigenvalue weighted by Gasteiger charge is -2.02. The molecule has 0 heterocycles. The summed E-state index contributed by atoms with van der Waals surface area (Å²) in [4.78, 5) is 20.9. The van der Waals surface area contributed by atoms with Gasteiger partial charge in [-0.3, -0.25) is 14.9 Å². The van der Waals surface area contributed by atoms with E-state index in [0.29, 0.717) is 4.47 Å². The number of nitro benzene ring substituents is 1. The van der Waals surface area contributed by atoms with Gasteiger partial charge < -0.3 is 5.11 Å². The summed E-state index contributed by atoms with van der Waals surface area (Å²) in [5.74, 6) is -0.930. The fourth-order valence-corrected chi connectivity index (χ4v) is 1.52. The van der Waals surface area contributed by atoms with E-state index in [1.807, 2.05) is 0 Å². The fraction of sp³-hybridized carbons (Fsp3) is 0.125. The molecule has 14 heavy (non-hydrogen) atoms. The normalized spacial score (nSPS) is 9.86. The number of nitro groups is 1. The van der Waals surface area contributed by atoms with Gasteiger partial charge in [0.25, 0.3) is 5.69 Å². The number of aromatic hydroxyl groups is 1. The Balaban J connectivity index is 3.52. The summed E-state index contributed by atoms with van der Waals surface area (Å²) in [7, 11) is 0. The number of hydrogen-bond donors (Lipinski definition) is 1. The van der Waals surface area contributed by atoms with Gasteiger partial charge in [0.15, 0.2) is 5.78 Å². The second-order valence-corrected chi connectivity index (χ2v) is 3.55. The lowest BCUT2D eigenvalue weighted by Crippen LogP contribution is -2.00. The van der Waals surface area contributed by atoms with Gasteiger partial charge in [0.2, 0.25) is 0 Å². The van der Waals surface area contributed by atoms with Crippen LogP contribution < -0.4 is 0 Å². The van der Waals surface area contributed by atoms with Crippen molar-refractivity contribution in [2.75, 3.05) is 0 Å². The van der Waals surface area contributed by atoms with Crippen molar-refractivity contribution in [2.24, 2.45) is 0 Å². The topological polar surface area (TPSA) is 80.4 Å². The molecule has 5 nitrogen and oxygen atoms in total. The zero-order chi connectivity index (χ0) is 10.9. The third-order valence-corrected chi connectivity index (χ3v) is 2.07. The van der Waals surface area contributed by atoms with Crippen LogP contribution in [0, 0.1) is 10.1 Å². The number of phenolic OH excluding ortho intramolecular Hbond substituents is 1. The third kappa shape index (κ3) is 1.90.